The van der Waals surface area contributed by atoms with E-state index in [1.807, 2.05) is 0 Å². The summed E-state index contributed by atoms with van der Waals surface area (Å²) in [5.74, 6) is 0.0610. The predicted molar refractivity (Wildman–Crippen MR) is 36.5 cm³/mol. The molecule has 1 aromatic rings. The second-order valence-corrected chi connectivity index (χ2v) is 2.12. The van der Waals surface area contributed by atoms with Crippen molar-refractivity contribution in [2.45, 2.75) is 0 Å². The van der Waals surface area contributed by atoms with E-state index < -0.39 is 0 Å². The molecule has 0 saturated carbocycles. The van der Waals surface area contributed by atoms with Gasteiger partial charge in [0.25, 0.3) is 0 Å². The maximum atomic E-state index is 8.86. The lowest BCUT2D eigenvalue weighted by molar-refractivity contribution is 0.475. The van der Waals surface area contributed by atoms with Crippen molar-refractivity contribution in [2.24, 2.45) is 0 Å². The highest BCUT2D eigenvalue weighted by atomic mass is 35.5. The van der Waals surface area contributed by atoms with Crippen LogP contribution in [0.2, 0.25) is 5.02 Å². The lowest BCUT2D eigenvalue weighted by Crippen LogP contribution is -1.70. The van der Waals surface area contributed by atoms with Crippen LogP contribution < -0.4 is 0 Å². The van der Waals surface area contributed by atoms with Crippen molar-refractivity contribution < 1.29 is 5.11 Å². The maximum absolute atomic E-state index is 8.86. The van der Waals surface area contributed by atoms with Crippen molar-refractivity contribution in [1.29, 1.82) is 0 Å². The lowest BCUT2D eigenvalue weighted by Gasteiger charge is -1.94. The van der Waals surface area contributed by atoms with Gasteiger partial charge in [-0.05, 0) is 24.6 Å². The Labute approximate surface area is 58.9 Å². The minimum absolute atomic E-state index is 0.0610. The summed E-state index contributed by atoms with van der Waals surface area (Å²) in [6.07, 6.45) is 0. The van der Waals surface area contributed by atoms with Gasteiger partial charge in [0.05, 0.1) is 5.02 Å². The third-order valence-corrected chi connectivity index (χ3v) is 1.27. The molecule has 0 atom stereocenters. The largest absolute Gasteiger partial charge is 0.506 e. The number of benzene rings is 1. The summed E-state index contributed by atoms with van der Waals surface area (Å²) in [4.78, 5) is 0. The molecule has 1 aromatic carbocycles. The molecule has 2 heteroatoms. The van der Waals surface area contributed by atoms with Crippen molar-refractivity contribution >= 4 is 11.6 Å². The molecule has 0 unspecified atom stereocenters. The summed E-state index contributed by atoms with van der Waals surface area (Å²) in [5, 5.41) is 9.14. The molecule has 0 aliphatic rings. The van der Waals surface area contributed by atoms with E-state index in [4.69, 9.17) is 23.6 Å². The summed E-state index contributed by atoms with van der Waals surface area (Å²) in [7, 11) is 0. The van der Waals surface area contributed by atoms with Gasteiger partial charge in [0, 0.05) is 0 Å². The van der Waals surface area contributed by atoms with Gasteiger partial charge in [-0.3, -0.25) is 0 Å². The van der Waals surface area contributed by atoms with Crippen LogP contribution in [0.1, 0.15) is 5.56 Å². The van der Waals surface area contributed by atoms with Gasteiger partial charge in [-0.2, -0.15) is 0 Å². The highest BCUT2D eigenvalue weighted by Crippen LogP contribution is 2.22. The van der Waals surface area contributed by atoms with E-state index in [0.717, 1.165) is 0 Å². The number of phenolic OH excluding ortho intramolecular Hbond substituents is 1. The van der Waals surface area contributed by atoms with E-state index >= 15 is 0 Å². The Hall–Kier alpha value is -0.690. The summed E-state index contributed by atoms with van der Waals surface area (Å²) in [5.41, 5.74) is 0.554. The Morgan fingerprint density at radius 3 is 2.56 bits per heavy atom. The molecule has 1 N–H and O–H groups in total. The summed E-state index contributed by atoms with van der Waals surface area (Å²) < 4.78 is 0. The Balaban J connectivity index is 3.17. The lowest BCUT2D eigenvalue weighted by atomic mass is 10.2. The fourth-order valence-corrected chi connectivity index (χ4v) is 0.712. The average molecular weight is 141 g/mol. The first-order valence-electron chi connectivity index (χ1n) is 2.44. The molecule has 0 aliphatic heterocycles. The van der Waals surface area contributed by atoms with E-state index in [-0.39, 0.29) is 10.8 Å². The molecule has 0 fully saturated rings. The standard InChI is InChI=1S/C7H5ClO/c1-5-2-3-7(9)6(8)4-5/h1-4,9H. The highest BCUT2D eigenvalue weighted by Gasteiger charge is 1.94. The van der Waals surface area contributed by atoms with E-state index in [0.29, 0.717) is 5.56 Å². The summed E-state index contributed by atoms with van der Waals surface area (Å²) in [6.45, 7) is 5.33. The first-order chi connectivity index (χ1) is 4.20. The van der Waals surface area contributed by atoms with Crippen LogP contribution >= 0.6 is 11.6 Å². The van der Waals surface area contributed by atoms with Crippen LogP contribution in [0.25, 0.3) is 0 Å². The second kappa shape index (κ2) is 2.28. The Morgan fingerprint density at radius 1 is 1.44 bits per heavy atom. The third kappa shape index (κ3) is 1.36. The van der Waals surface area contributed by atoms with E-state index in [1.54, 1.807) is 6.07 Å². The molecule has 0 amide bonds. The zero-order chi connectivity index (χ0) is 6.85. The predicted octanol–water partition coefficient (Wildman–Crippen LogP) is 2.10. The zero-order valence-corrected chi connectivity index (χ0v) is 5.39. The second-order valence-electron chi connectivity index (χ2n) is 1.71. The summed E-state index contributed by atoms with van der Waals surface area (Å²) >= 11 is 5.48. The van der Waals surface area contributed by atoms with Crippen LogP contribution in [0.5, 0.6) is 5.75 Å². The average Bonchev–Trinajstić information content (AvgIpc) is 1.80. The number of halogens is 1. The van der Waals surface area contributed by atoms with Gasteiger partial charge in [0.1, 0.15) is 5.75 Å². The van der Waals surface area contributed by atoms with Gasteiger partial charge in [-0.1, -0.05) is 17.7 Å². The van der Waals surface area contributed by atoms with Crippen molar-refractivity contribution in [2.75, 3.05) is 0 Å². The van der Waals surface area contributed by atoms with Crippen LogP contribution in [0.15, 0.2) is 18.2 Å². The zero-order valence-electron chi connectivity index (χ0n) is 4.63. The first-order valence-corrected chi connectivity index (χ1v) is 2.82. The molecule has 0 aliphatic carbocycles. The van der Waals surface area contributed by atoms with E-state index in [2.05, 4.69) is 0 Å². The molecule has 46 valence electrons. The molecule has 0 aromatic heterocycles. The third-order valence-electron chi connectivity index (χ3n) is 0.972. The molecule has 9 heavy (non-hydrogen) atoms. The van der Waals surface area contributed by atoms with Gasteiger partial charge in [0.2, 0.25) is 0 Å². The summed E-state index contributed by atoms with van der Waals surface area (Å²) in [6, 6.07) is 4.54. The fourth-order valence-electron chi connectivity index (χ4n) is 0.523. The van der Waals surface area contributed by atoms with Gasteiger partial charge >= 0.3 is 0 Å². The SMILES string of the molecule is [CH]c1ccc(O)c(Cl)c1. The molecule has 0 saturated heterocycles. The molecule has 0 heterocycles. The molecule has 1 rings (SSSR count). The van der Waals surface area contributed by atoms with Crippen molar-refractivity contribution in [3.63, 3.8) is 0 Å². The quantitative estimate of drug-likeness (QED) is 0.585. The molecule has 0 spiro atoms. The van der Waals surface area contributed by atoms with Crippen LogP contribution in [0, 0.1) is 6.92 Å². The monoisotopic (exact) mass is 140 g/mol. The molecular formula is C7H5ClO. The van der Waals surface area contributed by atoms with Crippen molar-refractivity contribution in [3.05, 3.63) is 35.7 Å². The van der Waals surface area contributed by atoms with Crippen LogP contribution in [-0.4, -0.2) is 5.11 Å². The van der Waals surface area contributed by atoms with Gasteiger partial charge in [-0.15, -0.1) is 0 Å². The Morgan fingerprint density at radius 2 is 2.11 bits per heavy atom. The molecular weight excluding hydrogens is 136 g/mol. The fraction of sp³-hybridized carbons (Fsp3) is 0. The topological polar surface area (TPSA) is 20.2 Å². The Bertz CT molecular complexity index is 220. The van der Waals surface area contributed by atoms with Crippen molar-refractivity contribution in [3.8, 4) is 5.75 Å². The smallest absolute Gasteiger partial charge is 0.134 e. The number of hydrogen-bond donors (Lipinski definition) is 1. The minimum atomic E-state index is 0.0610. The van der Waals surface area contributed by atoms with Crippen molar-refractivity contribution in [1.82, 2.24) is 0 Å². The number of phenols is 1. The van der Waals surface area contributed by atoms with E-state index in [1.165, 1.54) is 12.1 Å². The van der Waals surface area contributed by atoms with Crippen LogP contribution in [-0.2, 0) is 0 Å². The van der Waals surface area contributed by atoms with Gasteiger partial charge in [-0.25, -0.2) is 0 Å². The molecule has 2 radical (unpaired) electrons. The molecule has 1 nitrogen and oxygen atoms in total. The van der Waals surface area contributed by atoms with Gasteiger partial charge < -0.3 is 5.11 Å². The number of aromatic hydroxyl groups is 1. The van der Waals surface area contributed by atoms with Gasteiger partial charge in [0.15, 0.2) is 0 Å². The van der Waals surface area contributed by atoms with Crippen LogP contribution in [0.3, 0.4) is 0 Å². The maximum Gasteiger partial charge on any atom is 0.134 e. The highest BCUT2D eigenvalue weighted by molar-refractivity contribution is 6.32. The minimum Gasteiger partial charge on any atom is -0.506 e. The normalized spacial score (nSPS) is 9.56. The first kappa shape index (κ1) is 6.43. The van der Waals surface area contributed by atoms with Crippen LogP contribution in [0.4, 0.5) is 0 Å². The van der Waals surface area contributed by atoms with E-state index in [9.17, 15) is 0 Å². The molecule has 0 bridgehead atoms. The number of hydrogen-bond acceptors (Lipinski definition) is 1. The Kier molecular flexibility index (Phi) is 1.63. The number of rotatable bonds is 0.